The molecule has 2 fully saturated rings. The molecule has 2 saturated heterocycles. The summed E-state index contributed by atoms with van der Waals surface area (Å²) in [5.41, 5.74) is 4.83. The number of aromatic hydroxyl groups is 1. The number of rotatable bonds is 3. The fraction of sp³-hybridized carbons (Fsp3) is 0.519. The molecule has 0 aliphatic carbocycles. The molecule has 1 N–H and O–H groups in total. The fourth-order valence-electron chi connectivity index (χ4n) is 5.73. The van der Waals surface area contributed by atoms with E-state index in [-0.39, 0.29) is 22.7 Å². The van der Waals surface area contributed by atoms with E-state index in [4.69, 9.17) is 9.72 Å². The summed E-state index contributed by atoms with van der Waals surface area (Å²) in [6, 6.07) is 7.74. The van der Waals surface area contributed by atoms with Gasteiger partial charge in [-0.2, -0.15) is 5.26 Å². The van der Waals surface area contributed by atoms with Crippen LogP contribution in [0.4, 0.5) is 5.82 Å². The highest BCUT2D eigenvalue weighted by Crippen LogP contribution is 2.45. The lowest BCUT2D eigenvalue weighted by molar-refractivity contribution is -0.141. The number of phenolic OH excluding ortho intramolecular Hbond substituents is 1. The van der Waals surface area contributed by atoms with E-state index >= 15 is 0 Å². The summed E-state index contributed by atoms with van der Waals surface area (Å²) in [5.74, 6) is 1.09. The van der Waals surface area contributed by atoms with E-state index < -0.39 is 0 Å². The normalized spacial score (nSPS) is 20.1. The van der Waals surface area contributed by atoms with Crippen molar-refractivity contribution in [2.75, 3.05) is 31.1 Å². The van der Waals surface area contributed by atoms with Crippen molar-refractivity contribution in [1.82, 2.24) is 9.88 Å². The molecule has 2 aromatic rings. The van der Waals surface area contributed by atoms with Gasteiger partial charge in [0.2, 0.25) is 5.91 Å². The van der Waals surface area contributed by atoms with Gasteiger partial charge in [-0.05, 0) is 50.5 Å². The molecule has 178 valence electrons. The van der Waals surface area contributed by atoms with Crippen LogP contribution in [0.2, 0.25) is 0 Å². The summed E-state index contributed by atoms with van der Waals surface area (Å²) in [5, 5.41) is 20.6. The Hall–Kier alpha value is -3.11. The zero-order valence-corrected chi connectivity index (χ0v) is 20.4. The van der Waals surface area contributed by atoms with E-state index in [1.165, 1.54) is 0 Å². The minimum Gasteiger partial charge on any atom is -0.508 e. The fourth-order valence-corrected chi connectivity index (χ4v) is 5.73. The predicted octanol–water partition coefficient (Wildman–Crippen LogP) is 3.93. The molecule has 1 spiro atoms. The number of aryl methyl sites for hydroxylation is 1. The Kier molecular flexibility index (Phi) is 5.33. The standard InChI is InChI=1S/C27H32N4O3/c1-5-23(33)31-15-27(16-31)8-9-30(14-27)25-20(12-28)24(19-10-18(32)7-6-17(19)2)21-13-34-26(3,4)11-22(21)29-25/h6-7,10,32H,5,8-9,11,13-16H2,1-4H3. The first-order chi connectivity index (χ1) is 16.1. The van der Waals surface area contributed by atoms with Gasteiger partial charge in [0.1, 0.15) is 23.2 Å². The second-order valence-electron chi connectivity index (χ2n) is 10.7. The maximum absolute atomic E-state index is 12.1. The highest BCUT2D eigenvalue weighted by molar-refractivity contribution is 5.83. The Morgan fingerprint density at radius 1 is 1.29 bits per heavy atom. The van der Waals surface area contributed by atoms with E-state index in [0.29, 0.717) is 30.8 Å². The van der Waals surface area contributed by atoms with Gasteiger partial charge in [-0.3, -0.25) is 4.79 Å². The van der Waals surface area contributed by atoms with Crippen LogP contribution in [0.25, 0.3) is 11.1 Å². The second kappa shape index (κ2) is 7.99. The minimum atomic E-state index is -0.336. The maximum atomic E-state index is 12.1. The number of nitriles is 1. The van der Waals surface area contributed by atoms with Crippen LogP contribution in [-0.2, 0) is 22.6 Å². The Labute approximate surface area is 201 Å². The summed E-state index contributed by atoms with van der Waals surface area (Å²) in [6.45, 7) is 11.6. The summed E-state index contributed by atoms with van der Waals surface area (Å²) < 4.78 is 6.13. The average molecular weight is 461 g/mol. The molecule has 1 aromatic heterocycles. The van der Waals surface area contributed by atoms with E-state index in [1.54, 1.807) is 12.1 Å². The van der Waals surface area contributed by atoms with Crippen LogP contribution < -0.4 is 4.90 Å². The topological polar surface area (TPSA) is 89.7 Å². The van der Waals surface area contributed by atoms with Crippen LogP contribution in [0.1, 0.15) is 56.0 Å². The number of hydrogen-bond acceptors (Lipinski definition) is 6. The Bertz CT molecular complexity index is 1210. The molecule has 34 heavy (non-hydrogen) atoms. The largest absolute Gasteiger partial charge is 0.508 e. The van der Waals surface area contributed by atoms with Crippen molar-refractivity contribution in [3.63, 3.8) is 0 Å². The molecule has 3 aliphatic rings. The summed E-state index contributed by atoms with van der Waals surface area (Å²) >= 11 is 0. The van der Waals surface area contributed by atoms with Gasteiger partial charge in [0.15, 0.2) is 0 Å². The number of nitrogens with zero attached hydrogens (tertiary/aromatic N) is 4. The third kappa shape index (κ3) is 3.70. The number of carbonyl (C=O) groups is 1. The Morgan fingerprint density at radius 3 is 2.76 bits per heavy atom. The SMILES string of the molecule is CCC(=O)N1CC2(CCN(c3nc4c(c(-c5cc(O)ccc5C)c3C#N)COC(C)(C)C4)C2)C1. The number of phenols is 1. The van der Waals surface area contributed by atoms with Crippen LogP contribution >= 0.6 is 0 Å². The zero-order chi connectivity index (χ0) is 24.3. The molecule has 7 nitrogen and oxygen atoms in total. The first kappa shape index (κ1) is 22.7. The number of fused-ring (bicyclic) bond motifs is 1. The molecule has 1 amide bonds. The first-order valence-electron chi connectivity index (χ1n) is 12.1. The molecule has 0 bridgehead atoms. The lowest BCUT2D eigenvalue weighted by Gasteiger charge is -2.48. The van der Waals surface area contributed by atoms with E-state index in [1.807, 2.05) is 24.8 Å². The molecule has 0 atom stereocenters. The molecule has 3 aliphatic heterocycles. The van der Waals surface area contributed by atoms with E-state index in [0.717, 1.165) is 60.5 Å². The van der Waals surface area contributed by atoms with Crippen molar-refractivity contribution in [2.45, 2.75) is 59.2 Å². The van der Waals surface area contributed by atoms with Crippen molar-refractivity contribution in [2.24, 2.45) is 5.41 Å². The number of amides is 1. The number of benzene rings is 1. The van der Waals surface area contributed by atoms with Crippen LogP contribution in [0.5, 0.6) is 5.75 Å². The number of ether oxygens (including phenoxy) is 1. The van der Waals surface area contributed by atoms with Crippen molar-refractivity contribution in [3.05, 3.63) is 40.6 Å². The van der Waals surface area contributed by atoms with E-state index in [2.05, 4.69) is 24.8 Å². The van der Waals surface area contributed by atoms with Crippen LogP contribution in [-0.4, -0.2) is 52.7 Å². The van der Waals surface area contributed by atoms with Gasteiger partial charge in [0, 0.05) is 55.6 Å². The van der Waals surface area contributed by atoms with Gasteiger partial charge in [0.25, 0.3) is 0 Å². The van der Waals surface area contributed by atoms with Crippen molar-refractivity contribution in [3.8, 4) is 22.9 Å². The Balaban J connectivity index is 1.60. The van der Waals surface area contributed by atoms with Crippen LogP contribution in [0.15, 0.2) is 18.2 Å². The third-order valence-electron chi connectivity index (χ3n) is 7.61. The van der Waals surface area contributed by atoms with Gasteiger partial charge in [-0.25, -0.2) is 4.98 Å². The molecule has 0 radical (unpaired) electrons. The molecule has 0 unspecified atom stereocenters. The molecule has 4 heterocycles. The predicted molar refractivity (Wildman–Crippen MR) is 129 cm³/mol. The smallest absolute Gasteiger partial charge is 0.222 e. The number of anilines is 1. The van der Waals surface area contributed by atoms with Crippen LogP contribution in [0.3, 0.4) is 0 Å². The van der Waals surface area contributed by atoms with Crippen LogP contribution in [0, 0.1) is 23.7 Å². The average Bonchev–Trinajstić information content (AvgIpc) is 3.23. The zero-order valence-electron chi connectivity index (χ0n) is 20.4. The van der Waals surface area contributed by atoms with Gasteiger partial charge in [-0.1, -0.05) is 13.0 Å². The van der Waals surface area contributed by atoms with E-state index in [9.17, 15) is 15.2 Å². The number of aromatic nitrogens is 1. The second-order valence-corrected chi connectivity index (χ2v) is 10.7. The van der Waals surface area contributed by atoms with Gasteiger partial charge in [0.05, 0.1) is 17.9 Å². The molecular formula is C27H32N4O3. The maximum Gasteiger partial charge on any atom is 0.222 e. The van der Waals surface area contributed by atoms with Gasteiger partial charge < -0.3 is 19.6 Å². The number of likely N-dealkylation sites (tertiary alicyclic amines) is 1. The highest BCUT2D eigenvalue weighted by atomic mass is 16.5. The quantitative estimate of drug-likeness (QED) is 0.746. The van der Waals surface area contributed by atoms with Crippen molar-refractivity contribution < 1.29 is 14.6 Å². The molecule has 5 rings (SSSR count). The number of pyridine rings is 1. The monoisotopic (exact) mass is 460 g/mol. The van der Waals surface area contributed by atoms with Crippen molar-refractivity contribution >= 4 is 11.7 Å². The third-order valence-corrected chi connectivity index (χ3v) is 7.61. The number of carbonyl (C=O) groups excluding carboxylic acids is 1. The lowest BCUT2D eigenvalue weighted by atomic mass is 9.79. The summed E-state index contributed by atoms with van der Waals surface area (Å²) in [4.78, 5) is 21.3. The minimum absolute atomic E-state index is 0.0820. The molecule has 1 aromatic carbocycles. The first-order valence-corrected chi connectivity index (χ1v) is 12.1. The molecular weight excluding hydrogens is 428 g/mol. The summed E-state index contributed by atoms with van der Waals surface area (Å²) in [6.07, 6.45) is 2.18. The Morgan fingerprint density at radius 2 is 2.06 bits per heavy atom. The van der Waals surface area contributed by atoms with Gasteiger partial charge in [-0.15, -0.1) is 0 Å². The number of hydrogen-bond donors (Lipinski definition) is 1. The lowest BCUT2D eigenvalue weighted by Crippen LogP contribution is -2.59. The highest BCUT2D eigenvalue weighted by Gasteiger charge is 2.49. The van der Waals surface area contributed by atoms with Gasteiger partial charge >= 0.3 is 0 Å². The summed E-state index contributed by atoms with van der Waals surface area (Å²) in [7, 11) is 0. The molecule has 0 saturated carbocycles. The molecule has 7 heteroatoms. The van der Waals surface area contributed by atoms with Crippen molar-refractivity contribution in [1.29, 1.82) is 5.26 Å².